The normalized spacial score (nSPS) is 17.4. The van der Waals surface area contributed by atoms with Gasteiger partial charge in [-0.1, -0.05) is 12.8 Å². The van der Waals surface area contributed by atoms with Crippen LogP contribution >= 0.6 is 0 Å². The summed E-state index contributed by atoms with van der Waals surface area (Å²) >= 11 is 0. The van der Waals surface area contributed by atoms with Crippen molar-refractivity contribution in [2.45, 2.75) is 38.9 Å². The molecule has 84 valence electrons. The molecule has 0 amide bonds. The number of aliphatic hydroxyl groups is 1. The average molecular weight is 210 g/mol. The Morgan fingerprint density at radius 1 is 1.27 bits per heavy atom. The minimum Gasteiger partial charge on any atom is -0.461 e. The molecule has 2 rings (SSSR count). The highest BCUT2D eigenvalue weighted by Gasteiger charge is 2.14. The van der Waals surface area contributed by atoms with Crippen LogP contribution in [0, 0.1) is 5.92 Å². The van der Waals surface area contributed by atoms with Crippen molar-refractivity contribution >= 4 is 0 Å². The fraction of sp³-hybridized carbons (Fsp3) is 0.667. The molecule has 1 N–H and O–H groups in total. The van der Waals surface area contributed by atoms with Gasteiger partial charge in [0.25, 0.3) is 0 Å². The van der Waals surface area contributed by atoms with Crippen LogP contribution < -0.4 is 0 Å². The summed E-state index contributed by atoms with van der Waals surface area (Å²) in [6.07, 6.45) is 5.31. The molecule has 0 bridgehead atoms. The maximum atomic E-state index is 8.81. The maximum Gasteiger partial charge on any atom is 0.129 e. The topological polar surface area (TPSA) is 42.6 Å². The van der Waals surface area contributed by atoms with Gasteiger partial charge in [-0.25, -0.2) is 0 Å². The van der Waals surface area contributed by atoms with Crippen LogP contribution in [-0.4, -0.2) is 11.7 Å². The van der Waals surface area contributed by atoms with E-state index in [1.54, 1.807) is 6.07 Å². The van der Waals surface area contributed by atoms with E-state index in [0.717, 1.165) is 18.3 Å². The lowest BCUT2D eigenvalue weighted by molar-refractivity contribution is 0.0753. The number of rotatable bonds is 5. The molecule has 0 spiro atoms. The fourth-order valence-corrected chi connectivity index (χ4v) is 2.09. The number of aliphatic hydroxyl groups excluding tert-OH is 1. The summed E-state index contributed by atoms with van der Waals surface area (Å²) < 4.78 is 10.9. The van der Waals surface area contributed by atoms with Crippen molar-refractivity contribution in [3.05, 3.63) is 23.7 Å². The summed E-state index contributed by atoms with van der Waals surface area (Å²) in [5, 5.41) is 8.81. The van der Waals surface area contributed by atoms with Gasteiger partial charge in [-0.05, 0) is 30.9 Å². The molecule has 1 aliphatic carbocycles. The molecule has 0 atom stereocenters. The molecule has 1 aromatic heterocycles. The number of hydrogen-bond donors (Lipinski definition) is 1. The summed E-state index contributed by atoms with van der Waals surface area (Å²) in [4.78, 5) is 0. The lowest BCUT2D eigenvalue weighted by atomic mass is 10.1. The molecule has 3 heteroatoms. The summed E-state index contributed by atoms with van der Waals surface area (Å²) in [5.74, 6) is 2.16. The van der Waals surface area contributed by atoms with Crippen LogP contribution in [0.5, 0.6) is 0 Å². The zero-order valence-corrected chi connectivity index (χ0v) is 8.95. The van der Waals surface area contributed by atoms with Crippen LogP contribution in [0.3, 0.4) is 0 Å². The zero-order chi connectivity index (χ0) is 10.5. The maximum absolute atomic E-state index is 8.81. The third kappa shape index (κ3) is 3.08. The van der Waals surface area contributed by atoms with Gasteiger partial charge in [0.05, 0.1) is 0 Å². The molecular formula is C12H18O3. The van der Waals surface area contributed by atoms with E-state index in [2.05, 4.69) is 0 Å². The van der Waals surface area contributed by atoms with E-state index < -0.39 is 0 Å². The monoisotopic (exact) mass is 210 g/mol. The number of ether oxygens (including phenoxy) is 1. The third-order valence-corrected chi connectivity index (χ3v) is 2.95. The first-order chi connectivity index (χ1) is 7.38. The summed E-state index contributed by atoms with van der Waals surface area (Å²) in [6, 6.07) is 3.65. The SMILES string of the molecule is OCc1ccc(COCC2CCCC2)o1. The minimum absolute atomic E-state index is 0.0391. The van der Waals surface area contributed by atoms with Gasteiger partial charge in [-0.15, -0.1) is 0 Å². The molecule has 3 nitrogen and oxygen atoms in total. The molecule has 0 saturated heterocycles. The van der Waals surface area contributed by atoms with Crippen molar-refractivity contribution in [1.29, 1.82) is 0 Å². The van der Waals surface area contributed by atoms with Gasteiger partial charge in [-0.3, -0.25) is 0 Å². The molecule has 0 aliphatic heterocycles. The van der Waals surface area contributed by atoms with Crippen LogP contribution in [-0.2, 0) is 18.0 Å². The highest BCUT2D eigenvalue weighted by Crippen LogP contribution is 2.25. The van der Waals surface area contributed by atoms with Gasteiger partial charge in [0.15, 0.2) is 0 Å². The van der Waals surface area contributed by atoms with Crippen molar-refractivity contribution in [2.24, 2.45) is 5.92 Å². The van der Waals surface area contributed by atoms with Crippen molar-refractivity contribution in [2.75, 3.05) is 6.61 Å². The summed E-state index contributed by atoms with van der Waals surface area (Å²) in [5.41, 5.74) is 0. The van der Waals surface area contributed by atoms with E-state index in [1.165, 1.54) is 25.7 Å². The smallest absolute Gasteiger partial charge is 0.129 e. The first-order valence-corrected chi connectivity index (χ1v) is 5.64. The molecule has 1 saturated carbocycles. The largest absolute Gasteiger partial charge is 0.461 e. The minimum atomic E-state index is -0.0391. The van der Waals surface area contributed by atoms with Gasteiger partial charge in [0.1, 0.15) is 24.7 Å². The Morgan fingerprint density at radius 2 is 2.00 bits per heavy atom. The first-order valence-electron chi connectivity index (χ1n) is 5.64. The molecule has 1 heterocycles. The quantitative estimate of drug-likeness (QED) is 0.811. The first kappa shape index (κ1) is 10.7. The van der Waals surface area contributed by atoms with Gasteiger partial charge >= 0.3 is 0 Å². The molecule has 1 aromatic rings. The van der Waals surface area contributed by atoms with Crippen LogP contribution in [0.2, 0.25) is 0 Å². The van der Waals surface area contributed by atoms with Gasteiger partial charge in [0, 0.05) is 6.61 Å². The molecular weight excluding hydrogens is 192 g/mol. The van der Waals surface area contributed by atoms with Crippen LogP contribution in [0.4, 0.5) is 0 Å². The summed E-state index contributed by atoms with van der Waals surface area (Å²) in [7, 11) is 0. The van der Waals surface area contributed by atoms with Crippen LogP contribution in [0.15, 0.2) is 16.5 Å². The molecule has 1 aliphatic rings. The van der Waals surface area contributed by atoms with Gasteiger partial charge in [0.2, 0.25) is 0 Å². The van der Waals surface area contributed by atoms with Crippen LogP contribution in [0.1, 0.15) is 37.2 Å². The van der Waals surface area contributed by atoms with E-state index in [4.69, 9.17) is 14.3 Å². The highest BCUT2D eigenvalue weighted by molar-refractivity contribution is 5.05. The van der Waals surface area contributed by atoms with Crippen molar-refractivity contribution in [1.82, 2.24) is 0 Å². The van der Waals surface area contributed by atoms with E-state index in [9.17, 15) is 0 Å². The predicted molar refractivity (Wildman–Crippen MR) is 56.2 cm³/mol. The second kappa shape index (κ2) is 5.33. The Bertz CT molecular complexity index is 287. The van der Waals surface area contributed by atoms with E-state index in [1.807, 2.05) is 6.07 Å². The Morgan fingerprint density at radius 3 is 2.67 bits per heavy atom. The molecule has 1 fully saturated rings. The zero-order valence-electron chi connectivity index (χ0n) is 8.95. The molecule has 15 heavy (non-hydrogen) atoms. The highest BCUT2D eigenvalue weighted by atomic mass is 16.5. The third-order valence-electron chi connectivity index (χ3n) is 2.95. The molecule has 0 radical (unpaired) electrons. The number of furan rings is 1. The lowest BCUT2D eigenvalue weighted by Crippen LogP contribution is -2.04. The Labute approximate surface area is 90.0 Å². The van der Waals surface area contributed by atoms with Crippen LogP contribution in [0.25, 0.3) is 0 Å². The van der Waals surface area contributed by atoms with E-state index >= 15 is 0 Å². The summed E-state index contributed by atoms with van der Waals surface area (Å²) in [6.45, 7) is 1.33. The van der Waals surface area contributed by atoms with Gasteiger partial charge in [-0.2, -0.15) is 0 Å². The second-order valence-corrected chi connectivity index (χ2v) is 4.19. The van der Waals surface area contributed by atoms with Crippen molar-refractivity contribution in [3.8, 4) is 0 Å². The van der Waals surface area contributed by atoms with E-state index in [-0.39, 0.29) is 6.61 Å². The second-order valence-electron chi connectivity index (χ2n) is 4.19. The molecule has 0 unspecified atom stereocenters. The Balaban J connectivity index is 1.68. The lowest BCUT2D eigenvalue weighted by Gasteiger charge is -2.08. The van der Waals surface area contributed by atoms with Gasteiger partial charge < -0.3 is 14.3 Å². The standard InChI is InChI=1S/C12H18O3/c13-7-11-5-6-12(15-11)9-14-8-10-3-1-2-4-10/h5-6,10,13H,1-4,7-9H2. The fourth-order valence-electron chi connectivity index (χ4n) is 2.09. The van der Waals surface area contributed by atoms with Crippen molar-refractivity contribution < 1.29 is 14.3 Å². The average Bonchev–Trinajstić information content (AvgIpc) is 2.88. The number of hydrogen-bond acceptors (Lipinski definition) is 3. The Hall–Kier alpha value is -0.800. The predicted octanol–water partition coefficient (Wildman–Crippen LogP) is 2.48. The van der Waals surface area contributed by atoms with Crippen molar-refractivity contribution in [3.63, 3.8) is 0 Å². The molecule has 0 aromatic carbocycles. The van der Waals surface area contributed by atoms with E-state index in [0.29, 0.717) is 12.4 Å². The Kier molecular flexibility index (Phi) is 3.80.